The molecule has 1 heterocycles. The van der Waals surface area contributed by atoms with Crippen LogP contribution in [0.2, 0.25) is 0 Å². The average molecular weight is 267 g/mol. The zero-order valence-corrected chi connectivity index (χ0v) is 10.9. The van der Waals surface area contributed by atoms with E-state index in [4.69, 9.17) is 10.9 Å². The number of rotatable bonds is 4. The molecule has 1 fully saturated rings. The van der Waals surface area contributed by atoms with E-state index in [-0.39, 0.29) is 11.7 Å². The minimum atomic E-state index is -0.815. The summed E-state index contributed by atoms with van der Waals surface area (Å²) in [5.74, 6) is -0.107. The Labute approximate surface area is 110 Å². The fourth-order valence-electron chi connectivity index (χ4n) is 2.42. The quantitative estimate of drug-likeness (QED) is 0.335. The summed E-state index contributed by atoms with van der Waals surface area (Å²) in [5, 5.41) is 18.7. The van der Waals surface area contributed by atoms with Crippen LogP contribution < -0.4 is 11.1 Å². The van der Waals surface area contributed by atoms with Crippen LogP contribution >= 0.6 is 11.3 Å². The fraction of sp³-hybridized carbons (Fsp3) is 0.500. The highest BCUT2D eigenvalue weighted by atomic mass is 32.1. The van der Waals surface area contributed by atoms with Gasteiger partial charge in [-0.05, 0) is 35.2 Å². The Balaban J connectivity index is 2.05. The number of oxime groups is 1. The minimum absolute atomic E-state index is 0.0304. The first kappa shape index (κ1) is 12.9. The number of nitrogens with one attached hydrogen (secondary N) is 1. The van der Waals surface area contributed by atoms with E-state index >= 15 is 0 Å². The number of hydrogen-bond acceptors (Lipinski definition) is 4. The summed E-state index contributed by atoms with van der Waals surface area (Å²) in [6.45, 7) is 0.489. The van der Waals surface area contributed by atoms with Gasteiger partial charge in [0.05, 0.1) is 0 Å². The number of carbonyl (C=O) groups is 1. The van der Waals surface area contributed by atoms with Crippen molar-refractivity contribution in [2.24, 2.45) is 16.3 Å². The molecule has 1 aromatic rings. The van der Waals surface area contributed by atoms with Gasteiger partial charge in [0, 0.05) is 6.54 Å². The summed E-state index contributed by atoms with van der Waals surface area (Å²) in [4.78, 5) is 12.3. The van der Waals surface area contributed by atoms with Crippen molar-refractivity contribution in [2.75, 3.05) is 0 Å². The zero-order chi connectivity index (χ0) is 13.0. The van der Waals surface area contributed by atoms with E-state index in [0.29, 0.717) is 19.4 Å². The molecular weight excluding hydrogens is 250 g/mol. The molecule has 6 heteroatoms. The summed E-state index contributed by atoms with van der Waals surface area (Å²) in [7, 11) is 0. The molecular formula is C12H17N3O2S. The van der Waals surface area contributed by atoms with Crippen molar-refractivity contribution < 1.29 is 10.0 Å². The Bertz CT molecular complexity index is 436. The van der Waals surface area contributed by atoms with Gasteiger partial charge in [0.1, 0.15) is 5.41 Å². The van der Waals surface area contributed by atoms with Crippen LogP contribution in [0.25, 0.3) is 0 Å². The summed E-state index contributed by atoms with van der Waals surface area (Å²) in [6, 6.07) is 1.97. The van der Waals surface area contributed by atoms with E-state index in [1.165, 1.54) is 0 Å². The molecule has 98 valence electrons. The van der Waals surface area contributed by atoms with Crippen molar-refractivity contribution in [3.8, 4) is 0 Å². The normalized spacial score (nSPS) is 18.8. The second kappa shape index (κ2) is 5.39. The number of amidine groups is 1. The molecule has 1 aromatic heterocycles. The molecule has 0 unspecified atom stereocenters. The molecule has 18 heavy (non-hydrogen) atoms. The molecule has 0 spiro atoms. The van der Waals surface area contributed by atoms with Gasteiger partial charge in [-0.2, -0.15) is 11.3 Å². The third-order valence-corrected chi connectivity index (χ3v) is 4.26. The van der Waals surface area contributed by atoms with E-state index in [1.807, 2.05) is 16.8 Å². The first-order valence-corrected chi connectivity index (χ1v) is 6.91. The SMILES string of the molecule is N/C(=N\O)C1(C(=O)NCc2ccsc2)CCCC1. The van der Waals surface area contributed by atoms with Crippen LogP contribution in [-0.2, 0) is 11.3 Å². The van der Waals surface area contributed by atoms with Crippen molar-refractivity contribution in [1.29, 1.82) is 0 Å². The molecule has 5 nitrogen and oxygen atoms in total. The maximum absolute atomic E-state index is 12.3. The molecule has 0 atom stereocenters. The largest absolute Gasteiger partial charge is 0.409 e. The summed E-state index contributed by atoms with van der Waals surface area (Å²) in [6.07, 6.45) is 3.17. The molecule has 0 aliphatic heterocycles. The van der Waals surface area contributed by atoms with Crippen molar-refractivity contribution in [3.05, 3.63) is 22.4 Å². The molecule has 4 N–H and O–H groups in total. The van der Waals surface area contributed by atoms with Gasteiger partial charge in [-0.15, -0.1) is 0 Å². The van der Waals surface area contributed by atoms with Gasteiger partial charge >= 0.3 is 0 Å². The summed E-state index contributed by atoms with van der Waals surface area (Å²) in [5.41, 5.74) is 5.96. The van der Waals surface area contributed by atoms with Gasteiger partial charge in [-0.25, -0.2) is 0 Å². The van der Waals surface area contributed by atoms with Crippen molar-refractivity contribution in [2.45, 2.75) is 32.2 Å². The predicted molar refractivity (Wildman–Crippen MR) is 70.5 cm³/mol. The highest BCUT2D eigenvalue weighted by Gasteiger charge is 2.45. The molecule has 1 aliphatic rings. The maximum atomic E-state index is 12.3. The highest BCUT2D eigenvalue weighted by molar-refractivity contribution is 7.07. The van der Waals surface area contributed by atoms with Crippen LogP contribution in [0.3, 0.4) is 0 Å². The second-order valence-corrected chi connectivity index (χ2v) is 5.37. The number of nitrogens with two attached hydrogens (primary N) is 1. The van der Waals surface area contributed by atoms with Gasteiger partial charge in [-0.1, -0.05) is 18.0 Å². The Morgan fingerprint density at radius 1 is 1.56 bits per heavy atom. The standard InChI is InChI=1S/C12H17N3O2S/c13-10(15-17)12(4-1-2-5-12)11(16)14-7-9-3-6-18-8-9/h3,6,8,17H,1-2,4-5,7H2,(H2,13,15)(H,14,16). The van der Waals surface area contributed by atoms with Crippen LogP contribution in [0.5, 0.6) is 0 Å². The lowest BCUT2D eigenvalue weighted by Crippen LogP contribution is -2.47. The van der Waals surface area contributed by atoms with Gasteiger partial charge in [0.15, 0.2) is 5.84 Å². The number of thiophene rings is 1. The van der Waals surface area contributed by atoms with Crippen molar-refractivity contribution >= 4 is 23.1 Å². The van der Waals surface area contributed by atoms with Crippen LogP contribution in [-0.4, -0.2) is 17.0 Å². The predicted octanol–water partition coefficient (Wildman–Crippen LogP) is 1.67. The molecule has 0 saturated heterocycles. The Morgan fingerprint density at radius 2 is 2.28 bits per heavy atom. The maximum Gasteiger partial charge on any atom is 0.234 e. The van der Waals surface area contributed by atoms with Crippen LogP contribution in [0.4, 0.5) is 0 Å². The first-order valence-electron chi connectivity index (χ1n) is 5.96. The van der Waals surface area contributed by atoms with Gasteiger partial charge in [-0.3, -0.25) is 4.79 Å². The van der Waals surface area contributed by atoms with Gasteiger partial charge in [0.25, 0.3) is 0 Å². The van der Waals surface area contributed by atoms with E-state index in [0.717, 1.165) is 18.4 Å². The number of carbonyl (C=O) groups excluding carboxylic acids is 1. The monoisotopic (exact) mass is 267 g/mol. The molecule has 0 bridgehead atoms. The number of hydrogen-bond donors (Lipinski definition) is 3. The van der Waals surface area contributed by atoms with Crippen LogP contribution in [0, 0.1) is 5.41 Å². The third kappa shape index (κ3) is 2.33. The van der Waals surface area contributed by atoms with Gasteiger partial charge < -0.3 is 16.3 Å². The lowest BCUT2D eigenvalue weighted by Gasteiger charge is -2.25. The Hall–Kier alpha value is -1.56. The summed E-state index contributed by atoms with van der Waals surface area (Å²) < 4.78 is 0. The molecule has 0 radical (unpaired) electrons. The first-order chi connectivity index (χ1) is 8.69. The number of amides is 1. The van der Waals surface area contributed by atoms with E-state index in [2.05, 4.69) is 10.5 Å². The molecule has 1 saturated carbocycles. The fourth-order valence-corrected chi connectivity index (χ4v) is 3.09. The average Bonchev–Trinajstić information content (AvgIpc) is 3.06. The van der Waals surface area contributed by atoms with Crippen LogP contribution in [0.1, 0.15) is 31.2 Å². The van der Waals surface area contributed by atoms with Gasteiger partial charge in [0.2, 0.25) is 5.91 Å². The Morgan fingerprint density at radius 3 is 2.83 bits per heavy atom. The highest BCUT2D eigenvalue weighted by Crippen LogP contribution is 2.38. The van der Waals surface area contributed by atoms with E-state index < -0.39 is 5.41 Å². The smallest absolute Gasteiger partial charge is 0.234 e. The lowest BCUT2D eigenvalue weighted by molar-refractivity contribution is -0.127. The third-order valence-electron chi connectivity index (χ3n) is 3.52. The van der Waals surface area contributed by atoms with Crippen LogP contribution in [0.15, 0.2) is 22.0 Å². The molecule has 0 aromatic carbocycles. The van der Waals surface area contributed by atoms with Crippen molar-refractivity contribution in [1.82, 2.24) is 5.32 Å². The molecule has 1 aliphatic carbocycles. The zero-order valence-electron chi connectivity index (χ0n) is 10.1. The van der Waals surface area contributed by atoms with E-state index in [1.54, 1.807) is 11.3 Å². The molecule has 1 amide bonds. The lowest BCUT2D eigenvalue weighted by atomic mass is 9.84. The Kier molecular flexibility index (Phi) is 3.86. The summed E-state index contributed by atoms with van der Waals surface area (Å²) >= 11 is 1.59. The minimum Gasteiger partial charge on any atom is -0.409 e. The van der Waals surface area contributed by atoms with E-state index in [9.17, 15) is 4.79 Å². The number of nitrogens with zero attached hydrogens (tertiary/aromatic N) is 1. The molecule has 2 rings (SSSR count). The topological polar surface area (TPSA) is 87.7 Å². The van der Waals surface area contributed by atoms with Crippen molar-refractivity contribution in [3.63, 3.8) is 0 Å². The second-order valence-electron chi connectivity index (χ2n) is 4.59.